The molecule has 2 aromatic heterocycles. The molecule has 4 aromatic rings. The first-order valence-electron chi connectivity index (χ1n) is 10.5. The van der Waals surface area contributed by atoms with E-state index >= 15 is 0 Å². The molecule has 0 saturated carbocycles. The Bertz CT molecular complexity index is 1510. The van der Waals surface area contributed by atoms with Crippen LogP contribution in [0.4, 0.5) is 5.69 Å². The van der Waals surface area contributed by atoms with E-state index in [1.54, 1.807) is 42.9 Å². The van der Waals surface area contributed by atoms with E-state index in [4.69, 9.17) is 32.7 Å². The van der Waals surface area contributed by atoms with Crippen LogP contribution in [0.5, 0.6) is 5.75 Å². The average molecular weight is 534 g/mol. The van der Waals surface area contributed by atoms with Crippen molar-refractivity contribution in [3.8, 4) is 11.4 Å². The van der Waals surface area contributed by atoms with Gasteiger partial charge in [-0.1, -0.05) is 41.4 Å². The third kappa shape index (κ3) is 4.42. The van der Waals surface area contributed by atoms with Crippen molar-refractivity contribution >= 4 is 62.2 Å². The highest BCUT2D eigenvalue weighted by Crippen LogP contribution is 2.43. The Morgan fingerprint density at radius 1 is 1.09 bits per heavy atom. The number of aromatic nitrogens is 2. The van der Waals surface area contributed by atoms with Gasteiger partial charge >= 0.3 is 5.97 Å². The van der Waals surface area contributed by atoms with Crippen LogP contribution in [-0.4, -0.2) is 34.5 Å². The van der Waals surface area contributed by atoms with Crippen molar-refractivity contribution in [1.82, 2.24) is 9.36 Å². The lowest BCUT2D eigenvalue weighted by Crippen LogP contribution is -2.32. The van der Waals surface area contributed by atoms with Crippen LogP contribution in [0, 0.1) is 6.92 Å². The maximum Gasteiger partial charge on any atom is 0.350 e. The number of nitrogens with one attached hydrogen (secondary N) is 1. The summed E-state index contributed by atoms with van der Waals surface area (Å²) in [7, 11) is 3.20. The highest BCUT2D eigenvalue weighted by Gasteiger charge is 2.27. The Morgan fingerprint density at radius 3 is 2.43 bits per heavy atom. The first kappa shape index (κ1) is 24.8. The average Bonchev–Trinajstić information content (AvgIpc) is 3.29. The van der Waals surface area contributed by atoms with Crippen LogP contribution >= 0.6 is 34.5 Å². The van der Waals surface area contributed by atoms with E-state index in [0.29, 0.717) is 32.2 Å². The number of ether oxygens (including phenoxy) is 2. The molecule has 0 aliphatic carbocycles. The number of methoxy groups -OCH3 is 1. The predicted octanol–water partition coefficient (Wildman–Crippen LogP) is 5.20. The number of carbonyl (C=O) groups is 2. The summed E-state index contributed by atoms with van der Waals surface area (Å²) in [6.45, 7) is 3.13. The lowest BCUT2D eigenvalue weighted by atomic mass is 10.2. The molecule has 2 aromatic carbocycles. The molecule has 0 radical (unpaired) electrons. The first-order valence-corrected chi connectivity index (χ1v) is 12.0. The fourth-order valence-electron chi connectivity index (χ4n) is 3.57. The number of carbonyl (C=O) groups excluding carboxylic acids is 2. The minimum Gasteiger partial charge on any atom is -0.495 e. The number of thiophene rings is 1. The summed E-state index contributed by atoms with van der Waals surface area (Å²) in [6, 6.07) is 12.4. The minimum absolute atomic E-state index is 0.100. The standard InChI is InChI=1S/C24H21Cl2N3O5S/c1-12-19(23(31)29(28(12)3)14-8-6-5-7-9-14)27-22(30)13(2)34-24(32)21-17(25)15-10-11-16(33-4)18(26)20(15)35-21/h5-11,13H,1-4H3,(H,27,30)/t13-/m1/s1. The molecule has 35 heavy (non-hydrogen) atoms. The quantitative estimate of drug-likeness (QED) is 0.344. The molecule has 0 saturated heterocycles. The summed E-state index contributed by atoms with van der Waals surface area (Å²) < 4.78 is 14.2. The molecule has 0 unspecified atom stereocenters. The van der Waals surface area contributed by atoms with Crippen LogP contribution in [0.25, 0.3) is 15.8 Å². The van der Waals surface area contributed by atoms with Crippen molar-refractivity contribution in [3.05, 3.63) is 73.4 Å². The molecule has 0 aliphatic rings. The minimum atomic E-state index is -1.20. The number of anilines is 1. The highest BCUT2D eigenvalue weighted by atomic mass is 35.5. The predicted molar refractivity (Wildman–Crippen MR) is 138 cm³/mol. The van der Waals surface area contributed by atoms with Crippen LogP contribution in [0.2, 0.25) is 10.0 Å². The van der Waals surface area contributed by atoms with E-state index < -0.39 is 23.5 Å². The first-order chi connectivity index (χ1) is 16.6. The number of benzene rings is 2. The van der Waals surface area contributed by atoms with Gasteiger partial charge in [-0.25, -0.2) is 9.48 Å². The summed E-state index contributed by atoms with van der Waals surface area (Å²) in [5, 5.41) is 3.68. The third-order valence-corrected chi connectivity index (χ3v) is 7.76. The smallest absolute Gasteiger partial charge is 0.350 e. The highest BCUT2D eigenvalue weighted by molar-refractivity contribution is 7.22. The molecule has 1 atom stereocenters. The number of esters is 1. The molecule has 11 heteroatoms. The lowest BCUT2D eigenvalue weighted by molar-refractivity contribution is -0.123. The molecule has 182 valence electrons. The van der Waals surface area contributed by atoms with Gasteiger partial charge in [0, 0.05) is 12.4 Å². The molecule has 0 bridgehead atoms. The molecule has 8 nitrogen and oxygen atoms in total. The van der Waals surface area contributed by atoms with Gasteiger partial charge in [0.2, 0.25) is 0 Å². The number of nitrogens with zero attached hydrogens (tertiary/aromatic N) is 2. The van der Waals surface area contributed by atoms with Crippen LogP contribution in [0.3, 0.4) is 0 Å². The van der Waals surface area contributed by atoms with Crippen LogP contribution < -0.4 is 15.6 Å². The zero-order valence-electron chi connectivity index (χ0n) is 19.2. The largest absolute Gasteiger partial charge is 0.495 e. The fourth-order valence-corrected chi connectivity index (χ4v) is 5.34. The van der Waals surface area contributed by atoms with Gasteiger partial charge in [0.05, 0.1) is 28.2 Å². The molecular formula is C24H21Cl2N3O5S. The number of hydrogen-bond donors (Lipinski definition) is 1. The van der Waals surface area contributed by atoms with Crippen molar-refractivity contribution in [2.75, 3.05) is 12.4 Å². The van der Waals surface area contributed by atoms with Crippen molar-refractivity contribution in [2.24, 2.45) is 7.05 Å². The van der Waals surface area contributed by atoms with Gasteiger partial charge in [-0.05, 0) is 38.1 Å². The lowest BCUT2D eigenvalue weighted by Gasteiger charge is -2.12. The summed E-state index contributed by atoms with van der Waals surface area (Å²) in [5.74, 6) is -0.981. The van der Waals surface area contributed by atoms with Crippen LogP contribution in [0.15, 0.2) is 47.3 Å². The zero-order valence-corrected chi connectivity index (χ0v) is 21.5. The van der Waals surface area contributed by atoms with Crippen molar-refractivity contribution in [2.45, 2.75) is 20.0 Å². The molecule has 4 rings (SSSR count). The van der Waals surface area contributed by atoms with E-state index in [2.05, 4.69) is 5.32 Å². The Labute approximate surface area is 214 Å². The molecule has 2 heterocycles. The van der Waals surface area contributed by atoms with Gasteiger partial charge in [-0.2, -0.15) is 0 Å². The van der Waals surface area contributed by atoms with Crippen molar-refractivity contribution in [1.29, 1.82) is 0 Å². The van der Waals surface area contributed by atoms with Gasteiger partial charge < -0.3 is 14.8 Å². The summed E-state index contributed by atoms with van der Waals surface area (Å²) >= 11 is 13.8. The van der Waals surface area contributed by atoms with Gasteiger partial charge in [-0.3, -0.25) is 14.3 Å². The topological polar surface area (TPSA) is 91.6 Å². The molecule has 0 spiro atoms. The number of halogens is 2. The van der Waals surface area contributed by atoms with E-state index in [1.165, 1.54) is 18.7 Å². The molecule has 0 aliphatic heterocycles. The van der Waals surface area contributed by atoms with E-state index in [0.717, 1.165) is 11.3 Å². The fraction of sp³-hybridized carbons (Fsp3) is 0.208. The monoisotopic (exact) mass is 533 g/mol. The number of amides is 1. The summed E-state index contributed by atoms with van der Waals surface area (Å²) in [4.78, 5) is 38.8. The second-order valence-electron chi connectivity index (χ2n) is 7.68. The molecular weight excluding hydrogens is 513 g/mol. The van der Waals surface area contributed by atoms with Crippen molar-refractivity contribution in [3.63, 3.8) is 0 Å². The second kappa shape index (κ2) is 9.77. The molecule has 1 N–H and O–H groups in total. The maximum atomic E-state index is 13.0. The third-order valence-electron chi connectivity index (χ3n) is 5.56. The van der Waals surface area contributed by atoms with Gasteiger partial charge in [-0.15, -0.1) is 11.3 Å². The normalized spacial score (nSPS) is 11.9. The van der Waals surface area contributed by atoms with Crippen LogP contribution in [-0.2, 0) is 16.6 Å². The van der Waals surface area contributed by atoms with E-state index in [9.17, 15) is 14.4 Å². The zero-order chi connectivity index (χ0) is 25.4. The number of rotatable bonds is 6. The summed E-state index contributed by atoms with van der Waals surface area (Å²) in [5.41, 5.74) is 0.891. The number of fused-ring (bicyclic) bond motifs is 1. The second-order valence-corrected chi connectivity index (χ2v) is 9.45. The Morgan fingerprint density at radius 2 is 1.77 bits per heavy atom. The van der Waals surface area contributed by atoms with Crippen molar-refractivity contribution < 1.29 is 19.1 Å². The number of hydrogen-bond acceptors (Lipinski definition) is 6. The maximum absolute atomic E-state index is 13.0. The van der Waals surface area contributed by atoms with Gasteiger partial charge in [0.1, 0.15) is 21.3 Å². The Hall–Kier alpha value is -3.27. The number of para-hydroxylation sites is 1. The van der Waals surface area contributed by atoms with Gasteiger partial charge in [0.15, 0.2) is 6.10 Å². The summed E-state index contributed by atoms with van der Waals surface area (Å²) in [6.07, 6.45) is -1.20. The van der Waals surface area contributed by atoms with Crippen LogP contribution in [0.1, 0.15) is 22.3 Å². The SMILES string of the molecule is COc1ccc2c(Cl)c(C(=O)O[C@H](C)C(=O)Nc3c(C)n(C)n(-c4ccccc4)c3=O)sc2c1Cl. The Balaban J connectivity index is 1.55. The molecule has 0 fully saturated rings. The van der Waals surface area contributed by atoms with Gasteiger partial charge in [0.25, 0.3) is 11.5 Å². The Kier molecular flexibility index (Phi) is 6.93. The van der Waals surface area contributed by atoms with E-state index in [1.807, 2.05) is 18.2 Å². The molecule has 1 amide bonds. The van der Waals surface area contributed by atoms with E-state index in [-0.39, 0.29) is 15.6 Å².